The largest absolute Gasteiger partial charge is 0.466 e. The lowest BCUT2D eigenvalue weighted by atomic mass is 10.0. The monoisotopic (exact) mass is 1040 g/mol. The second-order valence-corrected chi connectivity index (χ2v) is 23.5. The van der Waals surface area contributed by atoms with Crippen molar-refractivity contribution >= 4 is 11.9 Å². The van der Waals surface area contributed by atoms with Crippen LogP contribution in [0.15, 0.2) is 12.2 Å². The number of unbranched alkanes of at least 4 members (excludes halogenated alkanes) is 51. The van der Waals surface area contributed by atoms with Crippen LogP contribution < -0.4 is 5.32 Å². The maximum absolute atomic E-state index is 12.5. The molecule has 0 aromatic carbocycles. The van der Waals surface area contributed by atoms with Crippen molar-refractivity contribution in [3.63, 3.8) is 0 Å². The van der Waals surface area contributed by atoms with Crippen LogP contribution in [0, 0.1) is 0 Å². The van der Waals surface area contributed by atoms with Gasteiger partial charge >= 0.3 is 5.97 Å². The van der Waals surface area contributed by atoms with Crippen LogP contribution in [0.2, 0.25) is 0 Å². The van der Waals surface area contributed by atoms with Gasteiger partial charge in [-0.25, -0.2) is 0 Å². The lowest BCUT2D eigenvalue weighted by Gasteiger charge is -2.22. The molecule has 6 heteroatoms. The summed E-state index contributed by atoms with van der Waals surface area (Å²) in [5.41, 5.74) is 0. The molecule has 3 N–H and O–H groups in total. The smallest absolute Gasteiger partial charge is 0.305 e. The number of hydrogen-bond acceptors (Lipinski definition) is 5. The molecular weight excluding hydrogens is 911 g/mol. The van der Waals surface area contributed by atoms with Crippen LogP contribution in [0.4, 0.5) is 0 Å². The molecule has 440 valence electrons. The molecule has 0 aliphatic carbocycles. The summed E-state index contributed by atoms with van der Waals surface area (Å²) >= 11 is 0. The van der Waals surface area contributed by atoms with Crippen LogP contribution in [0.3, 0.4) is 0 Å². The van der Waals surface area contributed by atoms with E-state index >= 15 is 0 Å². The van der Waals surface area contributed by atoms with Crippen LogP contribution in [0.5, 0.6) is 0 Å². The summed E-state index contributed by atoms with van der Waals surface area (Å²) in [6.45, 7) is 4.98. The zero-order valence-corrected chi connectivity index (χ0v) is 50.4. The quantitative estimate of drug-likeness (QED) is 0.0320. The molecule has 0 rings (SSSR count). The number of esters is 1. The Labute approximate surface area is 463 Å². The van der Waals surface area contributed by atoms with Gasteiger partial charge in [0.15, 0.2) is 0 Å². The number of carbonyl (C=O) groups is 2. The van der Waals surface area contributed by atoms with Crippen molar-refractivity contribution in [1.82, 2.24) is 5.32 Å². The standard InChI is InChI=1S/C68H133NO5/c1-3-5-7-9-11-13-15-17-18-19-31-34-38-42-46-50-54-58-62-68(73)74-63-59-55-51-47-43-39-35-32-29-27-25-23-21-20-22-24-26-28-30-33-37-41-45-49-53-57-61-67(72)69-65(64-70)66(71)60-56-52-48-44-40-36-16-14-12-10-8-6-4-2/h18-19,65-66,70-71H,3-17,20-64H2,1-2H3,(H,69,72)/b19-18-. The highest BCUT2D eigenvalue weighted by Gasteiger charge is 2.20. The molecule has 0 radical (unpaired) electrons. The summed E-state index contributed by atoms with van der Waals surface area (Å²) in [5, 5.41) is 23.3. The van der Waals surface area contributed by atoms with E-state index in [1.807, 2.05) is 0 Å². The summed E-state index contributed by atoms with van der Waals surface area (Å²) in [6, 6.07) is -0.538. The Bertz CT molecular complexity index is 1110. The molecule has 0 bridgehead atoms. The second-order valence-electron chi connectivity index (χ2n) is 23.5. The van der Waals surface area contributed by atoms with Crippen molar-refractivity contribution in [2.75, 3.05) is 13.2 Å². The zero-order valence-electron chi connectivity index (χ0n) is 50.4. The number of aliphatic hydroxyl groups excluding tert-OH is 2. The number of amides is 1. The fourth-order valence-corrected chi connectivity index (χ4v) is 10.9. The number of carbonyl (C=O) groups excluding carboxylic acids is 2. The van der Waals surface area contributed by atoms with Gasteiger partial charge in [0.1, 0.15) is 0 Å². The van der Waals surface area contributed by atoms with E-state index in [1.54, 1.807) is 0 Å². The van der Waals surface area contributed by atoms with E-state index in [9.17, 15) is 19.8 Å². The summed E-state index contributed by atoms with van der Waals surface area (Å²) in [6.07, 6.45) is 78.2. The Balaban J connectivity index is 3.32. The highest BCUT2D eigenvalue weighted by molar-refractivity contribution is 5.76. The molecule has 0 saturated heterocycles. The van der Waals surface area contributed by atoms with Crippen molar-refractivity contribution in [3.05, 3.63) is 12.2 Å². The van der Waals surface area contributed by atoms with Gasteiger partial charge in [0.2, 0.25) is 5.91 Å². The molecular formula is C68H133NO5. The van der Waals surface area contributed by atoms with E-state index in [2.05, 4.69) is 31.3 Å². The minimum absolute atomic E-state index is 0.0153. The van der Waals surface area contributed by atoms with Crippen LogP contribution in [-0.2, 0) is 14.3 Å². The number of allylic oxidation sites excluding steroid dienone is 2. The normalized spacial score (nSPS) is 12.5. The van der Waals surface area contributed by atoms with E-state index in [0.717, 1.165) is 44.9 Å². The molecule has 74 heavy (non-hydrogen) atoms. The van der Waals surface area contributed by atoms with Crippen molar-refractivity contribution in [2.24, 2.45) is 0 Å². The van der Waals surface area contributed by atoms with Crippen LogP contribution in [0.25, 0.3) is 0 Å². The lowest BCUT2D eigenvalue weighted by Crippen LogP contribution is -2.45. The minimum atomic E-state index is -0.661. The van der Waals surface area contributed by atoms with E-state index in [0.29, 0.717) is 25.9 Å². The van der Waals surface area contributed by atoms with Crippen LogP contribution >= 0.6 is 0 Å². The number of ether oxygens (including phenoxy) is 1. The summed E-state index contributed by atoms with van der Waals surface area (Å²) in [7, 11) is 0. The Morgan fingerprint density at radius 2 is 0.635 bits per heavy atom. The van der Waals surface area contributed by atoms with E-state index in [-0.39, 0.29) is 18.5 Å². The van der Waals surface area contributed by atoms with Crippen molar-refractivity contribution < 1.29 is 24.5 Å². The molecule has 0 spiro atoms. The van der Waals surface area contributed by atoms with Crippen LogP contribution in [-0.4, -0.2) is 47.4 Å². The number of hydrogen-bond donors (Lipinski definition) is 3. The molecule has 0 heterocycles. The predicted molar refractivity (Wildman–Crippen MR) is 324 cm³/mol. The third-order valence-electron chi connectivity index (χ3n) is 16.1. The molecule has 6 nitrogen and oxygen atoms in total. The molecule has 2 atom stereocenters. The Kier molecular flexibility index (Phi) is 62.9. The second kappa shape index (κ2) is 64.1. The van der Waals surface area contributed by atoms with E-state index in [4.69, 9.17) is 4.74 Å². The van der Waals surface area contributed by atoms with Gasteiger partial charge in [-0.05, 0) is 51.4 Å². The van der Waals surface area contributed by atoms with E-state index in [1.165, 1.54) is 308 Å². The van der Waals surface area contributed by atoms with Crippen molar-refractivity contribution in [1.29, 1.82) is 0 Å². The average Bonchev–Trinajstić information content (AvgIpc) is 3.40. The van der Waals surface area contributed by atoms with Gasteiger partial charge in [0.05, 0.1) is 25.4 Å². The lowest BCUT2D eigenvalue weighted by molar-refractivity contribution is -0.143. The zero-order chi connectivity index (χ0) is 53.6. The number of aliphatic hydroxyl groups is 2. The third-order valence-corrected chi connectivity index (χ3v) is 16.1. The first-order valence-corrected chi connectivity index (χ1v) is 33.9. The Hall–Kier alpha value is -1.40. The SMILES string of the molecule is CCCCCCCCC/C=C\CCCCCCCCCC(=O)OCCCCCCCCCCCCCCCCCCCCCCCCCCCCC(=O)NC(CO)C(O)CCCCCCCCCCCCCCC. The van der Waals surface area contributed by atoms with E-state index < -0.39 is 12.1 Å². The van der Waals surface area contributed by atoms with Gasteiger partial charge in [-0.15, -0.1) is 0 Å². The first-order chi connectivity index (χ1) is 36.5. The van der Waals surface area contributed by atoms with Gasteiger partial charge in [0, 0.05) is 12.8 Å². The summed E-state index contributed by atoms with van der Waals surface area (Å²) in [5.74, 6) is -0.0153. The Morgan fingerprint density at radius 3 is 0.959 bits per heavy atom. The molecule has 0 saturated carbocycles. The summed E-state index contributed by atoms with van der Waals surface area (Å²) < 4.78 is 5.50. The maximum Gasteiger partial charge on any atom is 0.305 e. The van der Waals surface area contributed by atoms with Gasteiger partial charge in [-0.3, -0.25) is 9.59 Å². The average molecular weight is 1040 g/mol. The molecule has 0 aliphatic rings. The molecule has 1 amide bonds. The van der Waals surface area contributed by atoms with Crippen molar-refractivity contribution in [2.45, 2.75) is 398 Å². The molecule has 0 aromatic heterocycles. The fourth-order valence-electron chi connectivity index (χ4n) is 10.9. The maximum atomic E-state index is 12.5. The summed E-state index contributed by atoms with van der Waals surface area (Å²) in [4.78, 5) is 24.6. The highest BCUT2D eigenvalue weighted by atomic mass is 16.5. The van der Waals surface area contributed by atoms with Gasteiger partial charge < -0.3 is 20.3 Å². The van der Waals surface area contributed by atoms with Gasteiger partial charge in [-0.1, -0.05) is 334 Å². The first-order valence-electron chi connectivity index (χ1n) is 33.9. The number of nitrogens with one attached hydrogen (secondary N) is 1. The minimum Gasteiger partial charge on any atom is -0.466 e. The molecule has 0 aromatic rings. The van der Waals surface area contributed by atoms with Crippen LogP contribution in [0.1, 0.15) is 386 Å². The number of rotatable bonds is 64. The predicted octanol–water partition coefficient (Wildman–Crippen LogP) is 21.6. The molecule has 0 aliphatic heterocycles. The topological polar surface area (TPSA) is 95.9 Å². The fraction of sp³-hybridized carbons (Fsp3) is 0.941. The molecule has 2 unspecified atom stereocenters. The van der Waals surface area contributed by atoms with Crippen molar-refractivity contribution in [3.8, 4) is 0 Å². The van der Waals surface area contributed by atoms with Gasteiger partial charge in [-0.2, -0.15) is 0 Å². The Morgan fingerprint density at radius 1 is 0.365 bits per heavy atom. The molecule has 0 fully saturated rings. The van der Waals surface area contributed by atoms with Gasteiger partial charge in [0.25, 0.3) is 0 Å². The third kappa shape index (κ3) is 59.8. The first kappa shape index (κ1) is 72.6. The highest BCUT2D eigenvalue weighted by Crippen LogP contribution is 2.19.